The molecule has 26 heavy (non-hydrogen) atoms. The minimum Gasteiger partial charge on any atom is -0.507 e. The number of ketones is 2. The number of rotatable bonds is 2. The molecule has 1 fully saturated rings. The Morgan fingerprint density at radius 2 is 1.58 bits per heavy atom. The Hall–Kier alpha value is -2.70. The molecular formula is C20H20N2O4. The molecule has 0 aromatic heterocycles. The van der Waals surface area contributed by atoms with Gasteiger partial charge in [0.2, 0.25) is 5.78 Å². The van der Waals surface area contributed by atoms with Crippen LogP contribution in [0.2, 0.25) is 0 Å². The van der Waals surface area contributed by atoms with E-state index in [9.17, 15) is 19.8 Å². The van der Waals surface area contributed by atoms with Crippen molar-refractivity contribution in [2.45, 2.75) is 6.54 Å². The first-order chi connectivity index (χ1) is 12.5. The van der Waals surface area contributed by atoms with Crippen LogP contribution in [0.5, 0.6) is 11.5 Å². The molecule has 0 atom stereocenters. The number of phenolic OH excluding ortho intramolecular Hbond substituents is 2. The zero-order chi connectivity index (χ0) is 18.4. The van der Waals surface area contributed by atoms with Gasteiger partial charge in [-0.3, -0.25) is 14.5 Å². The van der Waals surface area contributed by atoms with Crippen LogP contribution in [0, 0.1) is 0 Å². The molecule has 134 valence electrons. The van der Waals surface area contributed by atoms with Crippen molar-refractivity contribution < 1.29 is 19.8 Å². The van der Waals surface area contributed by atoms with Crippen LogP contribution in [0.4, 0.5) is 0 Å². The second-order valence-corrected chi connectivity index (χ2v) is 6.97. The average molecular weight is 352 g/mol. The van der Waals surface area contributed by atoms with Gasteiger partial charge in [-0.25, -0.2) is 0 Å². The summed E-state index contributed by atoms with van der Waals surface area (Å²) in [6.45, 7) is 4.39. The minimum absolute atomic E-state index is 0.0221. The molecule has 0 saturated carbocycles. The Balaban J connectivity index is 1.72. The molecule has 2 aromatic rings. The summed E-state index contributed by atoms with van der Waals surface area (Å²) in [5.74, 6) is -1.32. The number of likely N-dealkylation sites (N-methyl/N-ethyl adjacent to an activating group) is 1. The third kappa shape index (κ3) is 2.67. The largest absolute Gasteiger partial charge is 0.507 e. The van der Waals surface area contributed by atoms with Crippen LogP contribution < -0.4 is 0 Å². The molecular weight excluding hydrogens is 332 g/mol. The first-order valence-electron chi connectivity index (χ1n) is 8.64. The number of benzene rings is 2. The fourth-order valence-corrected chi connectivity index (χ4v) is 3.70. The smallest absolute Gasteiger partial charge is 0.201 e. The molecule has 0 spiro atoms. The van der Waals surface area contributed by atoms with E-state index in [1.54, 1.807) is 12.1 Å². The third-order valence-corrected chi connectivity index (χ3v) is 5.17. The maximum atomic E-state index is 12.9. The van der Waals surface area contributed by atoms with E-state index in [0.29, 0.717) is 6.54 Å². The van der Waals surface area contributed by atoms with Crippen LogP contribution in [-0.4, -0.2) is 64.8 Å². The van der Waals surface area contributed by atoms with Crippen molar-refractivity contribution in [3.63, 3.8) is 0 Å². The molecule has 4 rings (SSSR count). The van der Waals surface area contributed by atoms with E-state index in [-0.39, 0.29) is 39.5 Å². The lowest BCUT2D eigenvalue weighted by molar-refractivity contribution is 0.0974. The second-order valence-electron chi connectivity index (χ2n) is 6.97. The number of nitrogens with zero attached hydrogens (tertiary/aromatic N) is 2. The van der Waals surface area contributed by atoms with Gasteiger partial charge in [0, 0.05) is 43.9 Å². The Bertz CT molecular complexity index is 914. The van der Waals surface area contributed by atoms with Crippen LogP contribution in [0.15, 0.2) is 30.3 Å². The van der Waals surface area contributed by atoms with Crippen molar-refractivity contribution in [2.24, 2.45) is 0 Å². The van der Waals surface area contributed by atoms with Gasteiger partial charge < -0.3 is 15.1 Å². The summed E-state index contributed by atoms with van der Waals surface area (Å²) < 4.78 is 0. The summed E-state index contributed by atoms with van der Waals surface area (Å²) in [5.41, 5.74) is 1.13. The number of aromatic hydroxyl groups is 2. The Labute approximate surface area is 151 Å². The van der Waals surface area contributed by atoms with E-state index >= 15 is 0 Å². The molecule has 6 nitrogen and oxygen atoms in total. The highest BCUT2D eigenvalue weighted by Crippen LogP contribution is 2.37. The zero-order valence-corrected chi connectivity index (χ0v) is 14.5. The quantitative estimate of drug-likeness (QED) is 0.729. The normalized spacial score (nSPS) is 17.9. The predicted octanol–water partition coefficient (Wildman–Crippen LogP) is 1.62. The lowest BCUT2D eigenvalue weighted by Crippen LogP contribution is -2.43. The van der Waals surface area contributed by atoms with E-state index in [1.165, 1.54) is 18.2 Å². The molecule has 0 amide bonds. The van der Waals surface area contributed by atoms with Gasteiger partial charge in [0.05, 0.1) is 11.1 Å². The van der Waals surface area contributed by atoms with Gasteiger partial charge in [-0.2, -0.15) is 0 Å². The van der Waals surface area contributed by atoms with Crippen LogP contribution in [0.1, 0.15) is 37.4 Å². The number of carbonyl (C=O) groups is 2. The van der Waals surface area contributed by atoms with Crippen molar-refractivity contribution in [3.05, 3.63) is 58.1 Å². The molecule has 0 radical (unpaired) electrons. The predicted molar refractivity (Wildman–Crippen MR) is 95.9 cm³/mol. The van der Waals surface area contributed by atoms with E-state index in [4.69, 9.17) is 0 Å². The number of hydrogen-bond acceptors (Lipinski definition) is 6. The monoisotopic (exact) mass is 352 g/mol. The SMILES string of the molecule is CN1CCN(Cc2cc(O)c3c(c2)C(=O)c2cccc(O)c2C3=O)CC1. The molecule has 2 N–H and O–H groups in total. The van der Waals surface area contributed by atoms with Gasteiger partial charge in [-0.1, -0.05) is 12.1 Å². The van der Waals surface area contributed by atoms with Crippen molar-refractivity contribution in [2.75, 3.05) is 33.2 Å². The van der Waals surface area contributed by atoms with Gasteiger partial charge in [0.15, 0.2) is 5.78 Å². The molecule has 1 heterocycles. The van der Waals surface area contributed by atoms with Gasteiger partial charge in [0.1, 0.15) is 11.5 Å². The fourth-order valence-electron chi connectivity index (χ4n) is 3.70. The summed E-state index contributed by atoms with van der Waals surface area (Å²) in [4.78, 5) is 30.1. The lowest BCUT2D eigenvalue weighted by atomic mass is 9.82. The highest BCUT2D eigenvalue weighted by atomic mass is 16.3. The summed E-state index contributed by atoms with van der Waals surface area (Å²) >= 11 is 0. The number of phenols is 2. The first-order valence-corrected chi connectivity index (χ1v) is 8.64. The molecule has 2 aromatic carbocycles. The summed E-state index contributed by atoms with van der Waals surface area (Å²) in [5, 5.41) is 20.4. The van der Waals surface area contributed by atoms with Crippen molar-refractivity contribution >= 4 is 11.6 Å². The van der Waals surface area contributed by atoms with Crippen molar-refractivity contribution in [1.29, 1.82) is 0 Å². The highest BCUT2D eigenvalue weighted by Gasteiger charge is 2.34. The van der Waals surface area contributed by atoms with Crippen LogP contribution in [0.25, 0.3) is 0 Å². The van der Waals surface area contributed by atoms with Crippen LogP contribution in [-0.2, 0) is 6.54 Å². The Morgan fingerprint density at radius 3 is 2.31 bits per heavy atom. The van der Waals surface area contributed by atoms with E-state index in [2.05, 4.69) is 16.8 Å². The van der Waals surface area contributed by atoms with Crippen LogP contribution >= 0.6 is 0 Å². The first kappa shape index (κ1) is 16.8. The standard InChI is InChI=1S/C20H20N2O4/c1-21-5-7-22(8-6-21)11-12-9-14-18(16(24)10-12)20(26)17-13(19(14)25)3-2-4-15(17)23/h2-4,9-10,23-24H,5-8,11H2,1H3. The number of hydrogen-bond donors (Lipinski definition) is 2. The Kier molecular flexibility index (Phi) is 4.01. The maximum absolute atomic E-state index is 12.9. The Morgan fingerprint density at radius 1 is 0.885 bits per heavy atom. The third-order valence-electron chi connectivity index (χ3n) is 5.17. The minimum atomic E-state index is -0.517. The average Bonchev–Trinajstić information content (AvgIpc) is 2.61. The topological polar surface area (TPSA) is 81.1 Å². The summed E-state index contributed by atoms with van der Waals surface area (Å²) in [6, 6.07) is 7.68. The molecule has 0 unspecified atom stereocenters. The summed E-state index contributed by atoms with van der Waals surface area (Å²) in [6.07, 6.45) is 0. The molecule has 1 aliphatic heterocycles. The lowest BCUT2D eigenvalue weighted by Gasteiger charge is -2.32. The molecule has 2 aliphatic rings. The van der Waals surface area contributed by atoms with E-state index in [1.807, 2.05) is 0 Å². The molecule has 1 aliphatic carbocycles. The molecule has 6 heteroatoms. The molecule has 1 saturated heterocycles. The van der Waals surface area contributed by atoms with Crippen LogP contribution in [0.3, 0.4) is 0 Å². The van der Waals surface area contributed by atoms with Gasteiger partial charge in [0.25, 0.3) is 0 Å². The van der Waals surface area contributed by atoms with Gasteiger partial charge >= 0.3 is 0 Å². The highest BCUT2D eigenvalue weighted by molar-refractivity contribution is 6.30. The number of piperazine rings is 1. The van der Waals surface area contributed by atoms with Gasteiger partial charge in [-0.15, -0.1) is 0 Å². The number of fused-ring (bicyclic) bond motifs is 2. The number of carbonyl (C=O) groups excluding carboxylic acids is 2. The maximum Gasteiger partial charge on any atom is 0.201 e. The van der Waals surface area contributed by atoms with E-state index in [0.717, 1.165) is 31.7 Å². The summed E-state index contributed by atoms with van der Waals surface area (Å²) in [7, 11) is 2.08. The van der Waals surface area contributed by atoms with E-state index < -0.39 is 5.78 Å². The van der Waals surface area contributed by atoms with Crippen molar-refractivity contribution in [1.82, 2.24) is 9.80 Å². The van der Waals surface area contributed by atoms with Crippen molar-refractivity contribution in [3.8, 4) is 11.5 Å². The molecule has 0 bridgehead atoms. The zero-order valence-electron chi connectivity index (χ0n) is 14.5. The second kappa shape index (κ2) is 6.23. The fraction of sp³-hybridized carbons (Fsp3) is 0.300. The van der Waals surface area contributed by atoms with Gasteiger partial charge in [-0.05, 0) is 30.8 Å².